The van der Waals surface area contributed by atoms with Crippen LogP contribution >= 0.6 is 0 Å². The largest absolute Gasteiger partial charge is 0.493 e. The Morgan fingerprint density at radius 3 is 2.70 bits per heavy atom. The van der Waals surface area contributed by atoms with Crippen molar-refractivity contribution in [2.24, 2.45) is 11.8 Å². The first-order chi connectivity index (χ1) is 14.5. The van der Waals surface area contributed by atoms with Crippen molar-refractivity contribution in [2.75, 3.05) is 20.3 Å². The van der Waals surface area contributed by atoms with Crippen molar-refractivity contribution in [3.05, 3.63) is 34.2 Å². The Hall–Kier alpha value is -2.90. The second-order valence-electron chi connectivity index (χ2n) is 8.12. The van der Waals surface area contributed by atoms with E-state index in [0.29, 0.717) is 47.9 Å². The molecule has 1 saturated carbocycles. The van der Waals surface area contributed by atoms with Gasteiger partial charge in [0.2, 0.25) is 5.91 Å². The van der Waals surface area contributed by atoms with Crippen molar-refractivity contribution < 1.29 is 14.3 Å². The first kappa shape index (κ1) is 21.8. The van der Waals surface area contributed by atoms with Crippen LogP contribution < -0.4 is 20.3 Å². The number of aromatic nitrogens is 3. The van der Waals surface area contributed by atoms with Crippen LogP contribution in [-0.4, -0.2) is 41.3 Å². The van der Waals surface area contributed by atoms with Gasteiger partial charge in [-0.15, -0.1) is 10.2 Å². The lowest BCUT2D eigenvalue weighted by Gasteiger charge is -2.25. The number of H-pyrrole nitrogens is 1. The monoisotopic (exact) mass is 414 g/mol. The van der Waals surface area contributed by atoms with Crippen molar-refractivity contribution in [1.82, 2.24) is 20.5 Å². The average Bonchev–Trinajstić information content (AvgIpc) is 2.70. The molecule has 0 atom stereocenters. The summed E-state index contributed by atoms with van der Waals surface area (Å²) in [5, 5.41) is 11.0. The van der Waals surface area contributed by atoms with Crippen molar-refractivity contribution in [2.45, 2.75) is 46.0 Å². The molecule has 1 aromatic carbocycles. The normalized spacial score (nSPS) is 13.7. The fraction of sp³-hybridized carbons (Fsp3) is 0.545. The number of nitrogens with one attached hydrogen (secondary N) is 2. The Morgan fingerprint density at radius 2 is 2.07 bits per heavy atom. The number of rotatable bonds is 10. The molecular weight excluding hydrogens is 384 g/mol. The molecule has 0 spiro atoms. The van der Waals surface area contributed by atoms with E-state index in [1.54, 1.807) is 13.2 Å². The molecule has 1 amide bonds. The summed E-state index contributed by atoms with van der Waals surface area (Å²) in [5.41, 5.74) is 0.570. The third kappa shape index (κ3) is 5.81. The SMILES string of the molecule is COc1cc(-c2nnc(CCC(=O)NCC(C)C)c(=O)[nH]2)ccc1OCC1CCC1. The summed E-state index contributed by atoms with van der Waals surface area (Å²) in [4.78, 5) is 27.0. The van der Waals surface area contributed by atoms with Gasteiger partial charge in [-0.2, -0.15) is 0 Å². The predicted octanol–water partition coefficient (Wildman–Crippen LogP) is 2.72. The van der Waals surface area contributed by atoms with Gasteiger partial charge in [0.15, 0.2) is 17.3 Å². The van der Waals surface area contributed by atoms with Gasteiger partial charge in [-0.25, -0.2) is 0 Å². The topological polar surface area (TPSA) is 106 Å². The van der Waals surface area contributed by atoms with Crippen molar-refractivity contribution >= 4 is 5.91 Å². The van der Waals surface area contributed by atoms with Gasteiger partial charge < -0.3 is 19.8 Å². The lowest BCUT2D eigenvalue weighted by atomic mass is 9.86. The number of benzene rings is 1. The standard InChI is InChI=1S/C22H30N4O4/c1-14(2)12-23-20(27)10-8-17-22(28)24-21(26-25-17)16-7-9-18(19(11-16)29-3)30-13-15-5-4-6-15/h7,9,11,14-15H,4-6,8,10,12-13H2,1-3H3,(H,23,27)(H,24,26,28). The highest BCUT2D eigenvalue weighted by molar-refractivity contribution is 5.76. The fourth-order valence-electron chi connectivity index (χ4n) is 3.09. The van der Waals surface area contributed by atoms with Gasteiger partial charge in [-0.3, -0.25) is 9.59 Å². The molecule has 162 valence electrons. The molecule has 1 aliphatic carbocycles. The molecule has 0 saturated heterocycles. The number of carbonyl (C=O) groups excluding carboxylic acids is 1. The third-order valence-corrected chi connectivity index (χ3v) is 5.20. The number of hydrogen-bond acceptors (Lipinski definition) is 6. The highest BCUT2D eigenvalue weighted by Gasteiger charge is 2.19. The Kier molecular flexibility index (Phi) is 7.43. The van der Waals surface area contributed by atoms with Crippen LogP contribution in [0.4, 0.5) is 0 Å². The molecule has 1 aromatic heterocycles. The number of methoxy groups -OCH3 is 1. The molecule has 0 radical (unpaired) electrons. The number of carbonyl (C=O) groups is 1. The maximum Gasteiger partial charge on any atom is 0.273 e. The van der Waals surface area contributed by atoms with Crippen molar-refractivity contribution in [1.29, 1.82) is 0 Å². The lowest BCUT2D eigenvalue weighted by molar-refractivity contribution is -0.121. The van der Waals surface area contributed by atoms with Crippen LogP contribution in [0.25, 0.3) is 11.4 Å². The molecule has 0 aliphatic heterocycles. The molecule has 1 aliphatic rings. The number of amides is 1. The molecule has 2 aromatic rings. The maximum atomic E-state index is 12.4. The van der Waals surface area contributed by atoms with Gasteiger partial charge in [0, 0.05) is 24.9 Å². The second-order valence-corrected chi connectivity index (χ2v) is 8.12. The summed E-state index contributed by atoms with van der Waals surface area (Å²) in [6.07, 6.45) is 4.13. The molecular formula is C22H30N4O4. The quantitative estimate of drug-likeness (QED) is 0.619. The van der Waals surface area contributed by atoms with Crippen molar-refractivity contribution in [3.8, 4) is 22.9 Å². The molecule has 1 heterocycles. The van der Waals surface area contributed by atoms with Crippen LogP contribution in [0, 0.1) is 11.8 Å². The Labute approximate surface area is 176 Å². The zero-order valence-corrected chi connectivity index (χ0v) is 17.9. The van der Waals surface area contributed by atoms with Crippen LogP contribution in [-0.2, 0) is 11.2 Å². The Morgan fingerprint density at radius 1 is 1.27 bits per heavy atom. The van der Waals surface area contributed by atoms with Crippen LogP contribution in [0.1, 0.15) is 45.2 Å². The van der Waals surface area contributed by atoms with Gasteiger partial charge in [0.05, 0.1) is 13.7 Å². The number of aromatic amines is 1. The van der Waals surface area contributed by atoms with Crippen molar-refractivity contribution in [3.63, 3.8) is 0 Å². The molecule has 2 N–H and O–H groups in total. The van der Waals surface area contributed by atoms with Gasteiger partial charge >= 0.3 is 0 Å². The van der Waals surface area contributed by atoms with E-state index in [-0.39, 0.29) is 30.0 Å². The Balaban J connectivity index is 1.64. The number of ether oxygens (including phenoxy) is 2. The minimum Gasteiger partial charge on any atom is -0.493 e. The minimum absolute atomic E-state index is 0.101. The minimum atomic E-state index is -0.346. The average molecular weight is 415 g/mol. The van der Waals surface area contributed by atoms with Crippen LogP contribution in [0.15, 0.2) is 23.0 Å². The van der Waals surface area contributed by atoms with E-state index in [0.717, 1.165) is 0 Å². The second kappa shape index (κ2) is 10.2. The highest BCUT2D eigenvalue weighted by atomic mass is 16.5. The third-order valence-electron chi connectivity index (χ3n) is 5.20. The zero-order chi connectivity index (χ0) is 21.5. The molecule has 0 bridgehead atoms. The van der Waals surface area contributed by atoms with E-state index in [1.165, 1.54) is 19.3 Å². The summed E-state index contributed by atoms with van der Waals surface area (Å²) in [6.45, 7) is 5.35. The highest BCUT2D eigenvalue weighted by Crippen LogP contribution is 2.33. The first-order valence-corrected chi connectivity index (χ1v) is 10.5. The van der Waals surface area contributed by atoms with Crippen LogP contribution in [0.5, 0.6) is 11.5 Å². The summed E-state index contributed by atoms with van der Waals surface area (Å²) in [5.74, 6) is 2.50. The molecule has 8 nitrogen and oxygen atoms in total. The van der Waals surface area contributed by atoms with Gasteiger partial charge in [0.1, 0.15) is 5.69 Å². The molecule has 3 rings (SSSR count). The van der Waals surface area contributed by atoms with E-state index in [2.05, 4.69) is 20.5 Å². The van der Waals surface area contributed by atoms with Gasteiger partial charge in [-0.1, -0.05) is 20.3 Å². The molecule has 1 fully saturated rings. The number of aryl methyl sites for hydroxylation is 1. The van der Waals surface area contributed by atoms with E-state index in [9.17, 15) is 9.59 Å². The summed E-state index contributed by atoms with van der Waals surface area (Å²) in [6, 6.07) is 5.41. The first-order valence-electron chi connectivity index (χ1n) is 10.5. The Bertz CT molecular complexity index is 922. The van der Waals surface area contributed by atoms with E-state index < -0.39 is 0 Å². The summed E-state index contributed by atoms with van der Waals surface area (Å²) < 4.78 is 11.3. The number of nitrogens with zero attached hydrogens (tertiary/aromatic N) is 2. The van der Waals surface area contributed by atoms with Crippen LogP contribution in [0.2, 0.25) is 0 Å². The fourth-order valence-corrected chi connectivity index (χ4v) is 3.09. The molecule has 8 heteroatoms. The zero-order valence-electron chi connectivity index (χ0n) is 17.9. The van der Waals surface area contributed by atoms with E-state index >= 15 is 0 Å². The molecule has 0 unspecified atom stereocenters. The van der Waals surface area contributed by atoms with E-state index in [4.69, 9.17) is 9.47 Å². The predicted molar refractivity (Wildman–Crippen MR) is 114 cm³/mol. The summed E-state index contributed by atoms with van der Waals surface area (Å²) in [7, 11) is 1.58. The van der Waals surface area contributed by atoms with E-state index in [1.807, 2.05) is 26.0 Å². The maximum absolute atomic E-state index is 12.4. The lowest BCUT2D eigenvalue weighted by Crippen LogP contribution is -2.28. The van der Waals surface area contributed by atoms with Gasteiger partial charge in [0.25, 0.3) is 5.56 Å². The molecule has 30 heavy (non-hydrogen) atoms. The smallest absolute Gasteiger partial charge is 0.273 e. The van der Waals surface area contributed by atoms with Crippen LogP contribution in [0.3, 0.4) is 0 Å². The van der Waals surface area contributed by atoms with Gasteiger partial charge in [-0.05, 0) is 42.9 Å². The summed E-state index contributed by atoms with van der Waals surface area (Å²) >= 11 is 0. The number of hydrogen-bond donors (Lipinski definition) is 2.